The summed E-state index contributed by atoms with van der Waals surface area (Å²) in [7, 11) is 0. The lowest BCUT2D eigenvalue weighted by Crippen LogP contribution is -2.50. The third-order valence-corrected chi connectivity index (χ3v) is 7.03. The van der Waals surface area contributed by atoms with Gasteiger partial charge in [-0.15, -0.1) is 11.8 Å². The number of halogens is 2. The molecule has 2 aromatic rings. The molecule has 0 unspecified atom stereocenters. The summed E-state index contributed by atoms with van der Waals surface area (Å²) in [6, 6.07) is 13.2. The lowest BCUT2D eigenvalue weighted by molar-refractivity contribution is -0.139. The predicted molar refractivity (Wildman–Crippen MR) is 129 cm³/mol. The Kier molecular flexibility index (Phi) is 9.42. The van der Waals surface area contributed by atoms with E-state index >= 15 is 0 Å². The van der Waals surface area contributed by atoms with Crippen molar-refractivity contribution in [3.05, 3.63) is 70.5 Å². The van der Waals surface area contributed by atoms with Crippen molar-refractivity contribution >= 4 is 35.2 Å². The van der Waals surface area contributed by atoms with Crippen molar-refractivity contribution < 1.29 is 14.0 Å². The van der Waals surface area contributed by atoms with E-state index < -0.39 is 6.04 Å². The molecule has 1 saturated carbocycles. The minimum Gasteiger partial charge on any atom is -0.352 e. The summed E-state index contributed by atoms with van der Waals surface area (Å²) in [4.78, 5) is 27.7. The normalized spacial score (nSPS) is 15.2. The molecule has 1 aliphatic carbocycles. The fourth-order valence-electron chi connectivity index (χ4n) is 3.86. The Morgan fingerprint density at radius 3 is 2.34 bits per heavy atom. The lowest BCUT2D eigenvalue weighted by atomic mass is 9.95. The lowest BCUT2D eigenvalue weighted by Gasteiger charge is -2.31. The van der Waals surface area contributed by atoms with Crippen molar-refractivity contribution in [3.63, 3.8) is 0 Å². The highest BCUT2D eigenvalue weighted by atomic mass is 35.5. The van der Waals surface area contributed by atoms with Gasteiger partial charge in [0.05, 0.1) is 5.75 Å². The van der Waals surface area contributed by atoms with Gasteiger partial charge in [0, 0.05) is 23.4 Å². The molecule has 2 amide bonds. The molecule has 1 fully saturated rings. The van der Waals surface area contributed by atoms with Crippen molar-refractivity contribution in [1.82, 2.24) is 10.2 Å². The highest BCUT2D eigenvalue weighted by Crippen LogP contribution is 2.20. The van der Waals surface area contributed by atoms with Crippen molar-refractivity contribution in [2.45, 2.75) is 63.4 Å². The van der Waals surface area contributed by atoms with Crippen molar-refractivity contribution in [3.8, 4) is 0 Å². The van der Waals surface area contributed by atoms with Gasteiger partial charge in [0.15, 0.2) is 0 Å². The minimum atomic E-state index is -0.606. The summed E-state index contributed by atoms with van der Waals surface area (Å²) in [6.45, 7) is 2.03. The predicted octanol–water partition coefficient (Wildman–Crippen LogP) is 5.58. The van der Waals surface area contributed by atoms with Gasteiger partial charge in [-0.25, -0.2) is 4.39 Å². The Morgan fingerprint density at radius 2 is 1.69 bits per heavy atom. The molecule has 7 heteroatoms. The Bertz CT molecular complexity index is 886. The summed E-state index contributed by atoms with van der Waals surface area (Å²) in [6.07, 6.45) is 5.43. The van der Waals surface area contributed by atoms with Crippen LogP contribution in [0.5, 0.6) is 0 Å². The van der Waals surface area contributed by atoms with Crippen LogP contribution >= 0.6 is 23.4 Å². The number of amides is 2. The molecule has 3 rings (SSSR count). The quantitative estimate of drug-likeness (QED) is 0.514. The minimum absolute atomic E-state index is 0.111. The first kappa shape index (κ1) is 24.6. The molecule has 32 heavy (non-hydrogen) atoms. The first-order chi connectivity index (χ1) is 15.4. The van der Waals surface area contributed by atoms with E-state index in [-0.39, 0.29) is 36.0 Å². The maximum atomic E-state index is 13.3. The molecule has 1 atom stereocenters. The molecule has 0 bridgehead atoms. The molecule has 0 spiro atoms. The number of nitrogens with zero attached hydrogens (tertiary/aromatic N) is 1. The van der Waals surface area contributed by atoms with Crippen LogP contribution in [0.15, 0.2) is 48.5 Å². The van der Waals surface area contributed by atoms with Crippen molar-refractivity contribution in [2.24, 2.45) is 0 Å². The molecular formula is C25H30ClFN2O2S. The van der Waals surface area contributed by atoms with Crippen LogP contribution in [0, 0.1) is 5.82 Å². The molecule has 172 valence electrons. The van der Waals surface area contributed by atoms with Gasteiger partial charge in [0.1, 0.15) is 11.9 Å². The van der Waals surface area contributed by atoms with E-state index in [1.165, 1.54) is 30.3 Å². The van der Waals surface area contributed by atoms with E-state index in [0.717, 1.165) is 36.8 Å². The third kappa shape index (κ3) is 7.52. The summed E-state index contributed by atoms with van der Waals surface area (Å²) in [5.74, 6) is 0.365. The van der Waals surface area contributed by atoms with Gasteiger partial charge in [-0.05, 0) is 55.2 Å². The SMILES string of the molecule is C[C@H](C(=O)NC1CCCCC1)N(Cc1ccc(F)cc1)C(=O)CSCc1ccc(Cl)cc1. The Labute approximate surface area is 198 Å². The number of nitrogens with one attached hydrogen (secondary N) is 1. The molecule has 4 nitrogen and oxygen atoms in total. The van der Waals surface area contributed by atoms with Gasteiger partial charge in [-0.2, -0.15) is 0 Å². The van der Waals surface area contributed by atoms with Crippen molar-refractivity contribution in [2.75, 3.05) is 5.75 Å². The van der Waals surface area contributed by atoms with Crippen LogP contribution in [-0.2, 0) is 21.9 Å². The first-order valence-electron chi connectivity index (χ1n) is 11.1. The molecule has 1 aliphatic rings. The van der Waals surface area contributed by atoms with E-state index in [0.29, 0.717) is 10.8 Å². The molecule has 1 N–H and O–H groups in total. The average Bonchev–Trinajstić information content (AvgIpc) is 2.80. The van der Waals surface area contributed by atoms with Crippen LogP contribution in [0.1, 0.15) is 50.2 Å². The number of thioether (sulfide) groups is 1. The van der Waals surface area contributed by atoms with Crippen LogP contribution in [0.25, 0.3) is 0 Å². The second-order valence-electron chi connectivity index (χ2n) is 8.29. The zero-order valence-corrected chi connectivity index (χ0v) is 19.9. The highest BCUT2D eigenvalue weighted by molar-refractivity contribution is 7.99. The van der Waals surface area contributed by atoms with Crippen LogP contribution in [0.2, 0.25) is 5.02 Å². The van der Waals surface area contributed by atoms with Crippen LogP contribution in [0.4, 0.5) is 4.39 Å². The van der Waals surface area contributed by atoms with Gasteiger partial charge in [0.2, 0.25) is 11.8 Å². The Balaban J connectivity index is 1.64. The third-order valence-electron chi connectivity index (χ3n) is 5.79. The monoisotopic (exact) mass is 476 g/mol. The van der Waals surface area contributed by atoms with E-state index in [4.69, 9.17) is 11.6 Å². The molecule has 0 aromatic heterocycles. The number of carbonyl (C=O) groups excluding carboxylic acids is 2. The molecule has 2 aromatic carbocycles. The average molecular weight is 477 g/mol. The molecule has 0 heterocycles. The second kappa shape index (κ2) is 12.3. The number of carbonyl (C=O) groups is 2. The van der Waals surface area contributed by atoms with E-state index in [2.05, 4.69) is 5.32 Å². The van der Waals surface area contributed by atoms with Crippen molar-refractivity contribution in [1.29, 1.82) is 0 Å². The molecule has 0 saturated heterocycles. The maximum Gasteiger partial charge on any atom is 0.242 e. The van der Waals surface area contributed by atoms with Gasteiger partial charge in [0.25, 0.3) is 0 Å². The van der Waals surface area contributed by atoms with Crippen LogP contribution in [0.3, 0.4) is 0 Å². The maximum absolute atomic E-state index is 13.3. The topological polar surface area (TPSA) is 49.4 Å². The number of hydrogen-bond acceptors (Lipinski definition) is 3. The van der Waals surface area contributed by atoms with Crippen LogP contribution in [-0.4, -0.2) is 34.6 Å². The standard InChI is InChI=1S/C25H30ClFN2O2S/c1-18(25(31)28-23-5-3-2-4-6-23)29(15-19-9-13-22(27)14-10-19)24(30)17-32-16-20-7-11-21(26)12-8-20/h7-14,18,23H,2-6,15-17H2,1H3,(H,28,31)/t18-/m1/s1. The smallest absolute Gasteiger partial charge is 0.242 e. The zero-order valence-electron chi connectivity index (χ0n) is 18.4. The molecular weight excluding hydrogens is 447 g/mol. The summed E-state index contributed by atoms with van der Waals surface area (Å²) < 4.78 is 13.3. The largest absolute Gasteiger partial charge is 0.352 e. The molecule has 0 radical (unpaired) electrons. The fourth-order valence-corrected chi connectivity index (χ4v) is 4.85. The van der Waals surface area contributed by atoms with E-state index in [1.807, 2.05) is 24.3 Å². The van der Waals surface area contributed by atoms with Gasteiger partial charge in [-0.1, -0.05) is 55.1 Å². The summed E-state index contributed by atoms with van der Waals surface area (Å²) >= 11 is 7.43. The fraction of sp³-hybridized carbons (Fsp3) is 0.440. The number of hydrogen-bond donors (Lipinski definition) is 1. The Morgan fingerprint density at radius 1 is 1.06 bits per heavy atom. The number of benzene rings is 2. The highest BCUT2D eigenvalue weighted by Gasteiger charge is 2.28. The molecule has 0 aliphatic heterocycles. The van der Waals surface area contributed by atoms with Gasteiger partial charge < -0.3 is 10.2 Å². The van der Waals surface area contributed by atoms with Gasteiger partial charge in [-0.3, -0.25) is 9.59 Å². The van der Waals surface area contributed by atoms with Gasteiger partial charge >= 0.3 is 0 Å². The Hall–Kier alpha value is -2.05. The van der Waals surface area contributed by atoms with E-state index in [9.17, 15) is 14.0 Å². The summed E-state index contributed by atoms with van der Waals surface area (Å²) in [5.41, 5.74) is 1.88. The van der Waals surface area contributed by atoms with E-state index in [1.54, 1.807) is 24.0 Å². The zero-order chi connectivity index (χ0) is 22.9. The first-order valence-corrected chi connectivity index (χ1v) is 12.6. The summed E-state index contributed by atoms with van der Waals surface area (Å²) in [5, 5.41) is 3.80. The number of rotatable bonds is 9. The van der Waals surface area contributed by atoms with Crippen LogP contribution < -0.4 is 5.32 Å². The second-order valence-corrected chi connectivity index (χ2v) is 9.71.